The van der Waals surface area contributed by atoms with E-state index < -0.39 is 10.0 Å². The van der Waals surface area contributed by atoms with Gasteiger partial charge in [0.25, 0.3) is 0 Å². The lowest BCUT2D eigenvalue weighted by atomic mass is 9.86. The van der Waals surface area contributed by atoms with Crippen molar-refractivity contribution in [3.8, 4) is 0 Å². The van der Waals surface area contributed by atoms with Crippen molar-refractivity contribution >= 4 is 49.2 Å². The van der Waals surface area contributed by atoms with E-state index in [1.807, 2.05) is 0 Å². The molecule has 1 aliphatic carbocycles. The molecule has 2 rings (SSSR count). The summed E-state index contributed by atoms with van der Waals surface area (Å²) in [4.78, 5) is -0.115. The Labute approximate surface area is 143 Å². The van der Waals surface area contributed by atoms with Crippen LogP contribution in [0.3, 0.4) is 0 Å². The topological polar surface area (TPSA) is 66.4 Å². The quantitative estimate of drug-likeness (QED) is 0.788. The van der Waals surface area contributed by atoms with Gasteiger partial charge in [0.05, 0.1) is 10.0 Å². The van der Waals surface area contributed by atoms with Crippen LogP contribution in [-0.2, 0) is 10.0 Å². The molecule has 1 aromatic carbocycles. The monoisotopic (exact) mass is 415 g/mol. The molecule has 0 radical (unpaired) electrons. The second-order valence-corrected chi connectivity index (χ2v) is 8.53. The Hall–Kier alpha value is 0.150. The number of hydrogen-bond donors (Lipinski definition) is 2. The highest BCUT2D eigenvalue weighted by Gasteiger charge is 2.31. The summed E-state index contributed by atoms with van der Waals surface area (Å²) in [6.07, 6.45) is 3.45. The van der Waals surface area contributed by atoms with E-state index in [1.54, 1.807) is 0 Å². The maximum atomic E-state index is 12.5. The van der Waals surface area contributed by atoms with Crippen LogP contribution >= 0.6 is 39.1 Å². The predicted molar refractivity (Wildman–Crippen MR) is 87.3 cm³/mol. The Morgan fingerprint density at radius 1 is 1.24 bits per heavy atom. The van der Waals surface area contributed by atoms with E-state index in [4.69, 9.17) is 23.2 Å². The van der Waals surface area contributed by atoms with Crippen molar-refractivity contribution in [2.45, 2.75) is 36.6 Å². The molecular formula is C13H16BrCl2NO3S. The van der Waals surface area contributed by atoms with Crippen LogP contribution in [0, 0.1) is 5.92 Å². The number of aliphatic hydroxyl groups is 1. The molecule has 0 amide bonds. The Morgan fingerprint density at radius 2 is 1.81 bits per heavy atom. The molecule has 0 aliphatic heterocycles. The third kappa shape index (κ3) is 4.12. The molecule has 2 N–H and O–H groups in total. The van der Waals surface area contributed by atoms with E-state index in [-0.39, 0.29) is 33.5 Å². The molecule has 1 saturated carbocycles. The van der Waals surface area contributed by atoms with Gasteiger partial charge in [0.15, 0.2) is 0 Å². The molecule has 0 heterocycles. The number of benzene rings is 1. The summed E-state index contributed by atoms with van der Waals surface area (Å²) in [5.41, 5.74) is 0. The van der Waals surface area contributed by atoms with Gasteiger partial charge in [0, 0.05) is 17.1 Å². The molecular weight excluding hydrogens is 401 g/mol. The summed E-state index contributed by atoms with van der Waals surface area (Å²) < 4.78 is 28.3. The second-order valence-electron chi connectivity index (χ2n) is 5.15. The molecule has 0 aromatic heterocycles. The van der Waals surface area contributed by atoms with Gasteiger partial charge in [-0.15, -0.1) is 0 Å². The Balaban J connectivity index is 2.30. The molecule has 4 nitrogen and oxygen atoms in total. The lowest BCUT2D eigenvalue weighted by molar-refractivity contribution is 0.164. The number of halogens is 3. The highest BCUT2D eigenvalue weighted by Crippen LogP contribution is 2.34. The van der Waals surface area contributed by atoms with Crippen molar-refractivity contribution in [3.63, 3.8) is 0 Å². The Kier molecular flexibility index (Phi) is 5.96. The molecule has 0 spiro atoms. The second kappa shape index (κ2) is 7.15. The summed E-state index contributed by atoms with van der Waals surface area (Å²) in [6, 6.07) is 2.70. The van der Waals surface area contributed by atoms with Gasteiger partial charge < -0.3 is 5.11 Å². The number of hydrogen-bond acceptors (Lipinski definition) is 3. The summed E-state index contributed by atoms with van der Waals surface area (Å²) >= 11 is 15.3. The minimum Gasteiger partial charge on any atom is -0.396 e. The zero-order valence-electron chi connectivity index (χ0n) is 11.2. The number of sulfonamides is 1. The van der Waals surface area contributed by atoms with Crippen LogP contribution < -0.4 is 4.72 Å². The van der Waals surface area contributed by atoms with E-state index in [1.165, 1.54) is 12.1 Å². The molecule has 1 fully saturated rings. The summed E-state index contributed by atoms with van der Waals surface area (Å²) in [5.74, 6) is -0.0680. The molecule has 2 atom stereocenters. The number of aliphatic hydroxyl groups excluding tert-OH is 1. The van der Waals surface area contributed by atoms with Gasteiger partial charge in [-0.1, -0.05) is 52.0 Å². The van der Waals surface area contributed by atoms with Gasteiger partial charge in [-0.3, -0.25) is 0 Å². The minimum absolute atomic E-state index is 0.0327. The van der Waals surface area contributed by atoms with Gasteiger partial charge in [0.1, 0.15) is 4.90 Å². The standard InChI is InChI=1S/C13H16BrCl2NO3S/c14-9-5-10(15)13(11(16)6-9)21(19,20)17-12-4-2-1-3-8(12)7-18/h5-6,8,12,17-18H,1-4,7H2. The van der Waals surface area contributed by atoms with E-state index in [0.29, 0.717) is 10.9 Å². The molecule has 1 aliphatic rings. The van der Waals surface area contributed by atoms with Crippen molar-refractivity contribution in [2.24, 2.45) is 5.92 Å². The van der Waals surface area contributed by atoms with Crippen molar-refractivity contribution in [1.82, 2.24) is 4.72 Å². The van der Waals surface area contributed by atoms with E-state index in [2.05, 4.69) is 20.7 Å². The lowest BCUT2D eigenvalue weighted by Crippen LogP contribution is -2.43. The molecule has 0 saturated heterocycles. The van der Waals surface area contributed by atoms with Crippen LogP contribution in [0.15, 0.2) is 21.5 Å². The number of nitrogens with one attached hydrogen (secondary N) is 1. The normalized spacial score (nSPS) is 23.2. The maximum absolute atomic E-state index is 12.5. The Bertz CT molecular complexity index is 601. The van der Waals surface area contributed by atoms with Gasteiger partial charge in [-0.05, 0) is 30.9 Å². The van der Waals surface area contributed by atoms with Crippen LogP contribution in [0.1, 0.15) is 25.7 Å². The van der Waals surface area contributed by atoms with E-state index >= 15 is 0 Å². The highest BCUT2D eigenvalue weighted by molar-refractivity contribution is 9.10. The van der Waals surface area contributed by atoms with Crippen molar-refractivity contribution in [2.75, 3.05) is 6.61 Å². The first kappa shape index (κ1) is 17.5. The summed E-state index contributed by atoms with van der Waals surface area (Å²) in [6.45, 7) is -0.0327. The average molecular weight is 417 g/mol. The summed E-state index contributed by atoms with van der Waals surface area (Å²) in [5, 5.41) is 9.52. The first-order chi connectivity index (χ1) is 9.85. The zero-order chi connectivity index (χ0) is 15.6. The van der Waals surface area contributed by atoms with Crippen LogP contribution in [0.5, 0.6) is 0 Å². The van der Waals surface area contributed by atoms with Crippen LogP contribution in [0.25, 0.3) is 0 Å². The molecule has 21 heavy (non-hydrogen) atoms. The van der Waals surface area contributed by atoms with Gasteiger partial charge in [0.2, 0.25) is 10.0 Å². The number of rotatable bonds is 4. The van der Waals surface area contributed by atoms with Gasteiger partial charge >= 0.3 is 0 Å². The summed E-state index contributed by atoms with van der Waals surface area (Å²) in [7, 11) is -3.83. The fraction of sp³-hybridized carbons (Fsp3) is 0.538. The van der Waals surface area contributed by atoms with Crippen molar-refractivity contribution in [1.29, 1.82) is 0 Å². The first-order valence-corrected chi connectivity index (χ1v) is 9.66. The third-order valence-electron chi connectivity index (χ3n) is 3.68. The Morgan fingerprint density at radius 3 is 2.38 bits per heavy atom. The largest absolute Gasteiger partial charge is 0.396 e. The first-order valence-electron chi connectivity index (χ1n) is 6.63. The molecule has 0 bridgehead atoms. The maximum Gasteiger partial charge on any atom is 0.243 e. The van der Waals surface area contributed by atoms with Crippen LogP contribution in [-0.4, -0.2) is 26.2 Å². The lowest BCUT2D eigenvalue weighted by Gasteiger charge is -2.30. The third-order valence-corrected chi connectivity index (χ3v) is 6.55. The average Bonchev–Trinajstić information content (AvgIpc) is 2.37. The molecule has 1 aromatic rings. The van der Waals surface area contributed by atoms with Crippen molar-refractivity contribution < 1.29 is 13.5 Å². The molecule has 2 unspecified atom stereocenters. The fourth-order valence-corrected chi connectivity index (χ4v) is 5.90. The van der Waals surface area contributed by atoms with Gasteiger partial charge in [-0.25, -0.2) is 13.1 Å². The van der Waals surface area contributed by atoms with Crippen molar-refractivity contribution in [3.05, 3.63) is 26.7 Å². The molecule has 8 heteroatoms. The van der Waals surface area contributed by atoms with Crippen LogP contribution in [0.2, 0.25) is 10.0 Å². The van der Waals surface area contributed by atoms with Crippen LogP contribution in [0.4, 0.5) is 0 Å². The SMILES string of the molecule is O=S(=O)(NC1CCCCC1CO)c1c(Cl)cc(Br)cc1Cl. The zero-order valence-corrected chi connectivity index (χ0v) is 15.1. The minimum atomic E-state index is -3.83. The highest BCUT2D eigenvalue weighted by atomic mass is 79.9. The van der Waals surface area contributed by atoms with E-state index in [0.717, 1.165) is 19.3 Å². The van der Waals surface area contributed by atoms with Gasteiger partial charge in [-0.2, -0.15) is 0 Å². The van der Waals surface area contributed by atoms with E-state index in [9.17, 15) is 13.5 Å². The smallest absolute Gasteiger partial charge is 0.243 e. The molecule has 118 valence electrons. The predicted octanol–water partition coefficient (Wildman–Crippen LogP) is 3.59. The fourth-order valence-electron chi connectivity index (χ4n) is 2.63.